The lowest BCUT2D eigenvalue weighted by atomic mass is 10.1. The van der Waals surface area contributed by atoms with Crippen LogP contribution in [0.4, 0.5) is 0 Å². The monoisotopic (exact) mass is 298 g/mol. The van der Waals surface area contributed by atoms with E-state index in [2.05, 4.69) is 5.32 Å². The minimum Gasteiger partial charge on any atom is -0.467 e. The van der Waals surface area contributed by atoms with Crippen LogP contribution < -0.4 is 5.32 Å². The largest absolute Gasteiger partial charge is 0.467 e. The number of benzene rings is 1. The number of nitrogens with one attached hydrogen (secondary N) is 1. The van der Waals surface area contributed by atoms with Crippen LogP contribution in [0, 0.1) is 11.3 Å². The third-order valence-corrected chi connectivity index (χ3v) is 2.90. The first-order valence-corrected chi connectivity index (χ1v) is 6.61. The van der Waals surface area contributed by atoms with Gasteiger partial charge in [-0.2, -0.15) is 5.26 Å². The topological polar surface area (TPSA) is 92.3 Å². The summed E-state index contributed by atoms with van der Waals surface area (Å²) in [6.45, 7) is 1.70. The highest BCUT2D eigenvalue weighted by Crippen LogP contribution is 2.08. The summed E-state index contributed by atoms with van der Waals surface area (Å²) in [6.07, 6.45) is 0.556. The Morgan fingerprint density at radius 1 is 1.36 bits per heavy atom. The molecule has 6 heteroatoms. The van der Waals surface area contributed by atoms with E-state index < -0.39 is 18.0 Å². The highest BCUT2D eigenvalue weighted by molar-refractivity contribution is 5.92. The van der Waals surface area contributed by atoms with Crippen molar-refractivity contribution in [1.82, 2.24) is 5.32 Å². The molecule has 1 N–H and O–H groups in total. The molecule has 0 aliphatic carbocycles. The van der Waals surface area contributed by atoms with Crippen LogP contribution >= 0.6 is 0 Å². The second-order valence-electron chi connectivity index (χ2n) is 4.54. The minimum absolute atomic E-state index is 0.220. The molecule has 0 saturated heterocycles. The van der Waals surface area contributed by atoms with E-state index in [-0.39, 0.29) is 12.1 Å². The molecule has 0 spiro atoms. The zero-order valence-electron chi connectivity index (χ0n) is 11.9. The van der Waals surface area contributed by atoms with Crippen LogP contribution in [-0.4, -0.2) is 18.0 Å². The number of hydrogen-bond donors (Lipinski definition) is 1. The van der Waals surface area contributed by atoms with Crippen LogP contribution in [-0.2, 0) is 16.1 Å². The number of amides is 1. The molecule has 112 valence electrons. The summed E-state index contributed by atoms with van der Waals surface area (Å²) in [5, 5.41) is 11.4. The number of nitriles is 1. The SMILES string of the molecule is C[C@@H](OC(=O)c1cccc(C#N)c1)C(=O)NCc1ccco1. The molecule has 0 radical (unpaired) electrons. The number of ether oxygens (including phenoxy) is 1. The first-order valence-electron chi connectivity index (χ1n) is 6.61. The maximum absolute atomic E-state index is 11.9. The van der Waals surface area contributed by atoms with E-state index in [9.17, 15) is 9.59 Å². The molecule has 2 rings (SSSR count). The highest BCUT2D eigenvalue weighted by atomic mass is 16.5. The number of esters is 1. The quantitative estimate of drug-likeness (QED) is 0.852. The normalized spacial score (nSPS) is 11.3. The summed E-state index contributed by atoms with van der Waals surface area (Å²) in [6, 6.07) is 11.5. The second kappa shape index (κ2) is 7.09. The summed E-state index contributed by atoms with van der Waals surface area (Å²) < 4.78 is 10.2. The van der Waals surface area contributed by atoms with Crippen molar-refractivity contribution in [2.45, 2.75) is 19.6 Å². The Labute approximate surface area is 127 Å². The Morgan fingerprint density at radius 2 is 2.18 bits per heavy atom. The maximum Gasteiger partial charge on any atom is 0.338 e. The average molecular weight is 298 g/mol. The van der Waals surface area contributed by atoms with E-state index in [1.165, 1.54) is 25.3 Å². The Morgan fingerprint density at radius 3 is 2.86 bits per heavy atom. The number of furan rings is 1. The van der Waals surface area contributed by atoms with Crippen LogP contribution in [0.1, 0.15) is 28.6 Å². The lowest BCUT2D eigenvalue weighted by Crippen LogP contribution is -2.35. The third kappa shape index (κ3) is 3.96. The van der Waals surface area contributed by atoms with Crippen LogP contribution in [0.3, 0.4) is 0 Å². The molecule has 1 aromatic carbocycles. The van der Waals surface area contributed by atoms with Crippen molar-refractivity contribution in [2.24, 2.45) is 0 Å². The molecule has 1 heterocycles. The van der Waals surface area contributed by atoms with Gasteiger partial charge in [0.1, 0.15) is 5.76 Å². The maximum atomic E-state index is 11.9. The fourth-order valence-corrected chi connectivity index (χ4v) is 1.73. The van der Waals surface area contributed by atoms with Crippen molar-refractivity contribution >= 4 is 11.9 Å². The molecule has 0 saturated carbocycles. The molecule has 0 fully saturated rings. The van der Waals surface area contributed by atoms with Gasteiger partial charge in [0.25, 0.3) is 5.91 Å². The molecule has 6 nitrogen and oxygen atoms in total. The smallest absolute Gasteiger partial charge is 0.338 e. The van der Waals surface area contributed by atoms with E-state index in [0.29, 0.717) is 11.3 Å². The fourth-order valence-electron chi connectivity index (χ4n) is 1.73. The van der Waals surface area contributed by atoms with Crippen LogP contribution in [0.5, 0.6) is 0 Å². The van der Waals surface area contributed by atoms with Gasteiger partial charge in [-0.15, -0.1) is 0 Å². The zero-order chi connectivity index (χ0) is 15.9. The molecule has 1 aromatic heterocycles. The predicted molar refractivity (Wildman–Crippen MR) is 76.6 cm³/mol. The molecule has 0 bridgehead atoms. The molecule has 0 aliphatic heterocycles. The molecule has 0 unspecified atom stereocenters. The Kier molecular flexibility index (Phi) is 4.94. The van der Waals surface area contributed by atoms with Crippen LogP contribution in [0.15, 0.2) is 47.1 Å². The highest BCUT2D eigenvalue weighted by Gasteiger charge is 2.19. The van der Waals surface area contributed by atoms with Gasteiger partial charge in [0.05, 0.1) is 30.0 Å². The Hall–Kier alpha value is -3.07. The van der Waals surface area contributed by atoms with Gasteiger partial charge >= 0.3 is 5.97 Å². The molecule has 2 aromatic rings. The molecule has 0 aliphatic rings. The average Bonchev–Trinajstić information content (AvgIpc) is 3.05. The predicted octanol–water partition coefficient (Wildman–Crippen LogP) is 2.01. The van der Waals surface area contributed by atoms with Crippen molar-refractivity contribution in [3.63, 3.8) is 0 Å². The fraction of sp³-hybridized carbons (Fsp3) is 0.188. The van der Waals surface area contributed by atoms with Crippen LogP contribution in [0.25, 0.3) is 0 Å². The molecular weight excluding hydrogens is 284 g/mol. The summed E-state index contributed by atoms with van der Waals surface area (Å²) in [5.74, 6) is -0.479. The van der Waals surface area contributed by atoms with Gasteiger partial charge in [0.2, 0.25) is 0 Å². The van der Waals surface area contributed by atoms with Crippen molar-refractivity contribution in [3.8, 4) is 6.07 Å². The standard InChI is InChI=1S/C16H14N2O4/c1-11(15(19)18-10-14-6-3-7-21-14)22-16(20)13-5-2-4-12(8-13)9-17/h2-8,11H,10H2,1H3,(H,18,19)/t11-/m1/s1. The third-order valence-electron chi connectivity index (χ3n) is 2.90. The van der Waals surface area contributed by atoms with E-state index >= 15 is 0 Å². The summed E-state index contributed by atoms with van der Waals surface area (Å²) in [4.78, 5) is 23.8. The Balaban J connectivity index is 1.90. The van der Waals surface area contributed by atoms with Crippen molar-refractivity contribution in [1.29, 1.82) is 5.26 Å². The number of hydrogen-bond acceptors (Lipinski definition) is 5. The number of carbonyl (C=O) groups excluding carboxylic acids is 2. The second-order valence-corrected chi connectivity index (χ2v) is 4.54. The Bertz CT molecular complexity index is 701. The van der Waals surface area contributed by atoms with Crippen molar-refractivity contribution in [2.75, 3.05) is 0 Å². The van der Waals surface area contributed by atoms with Gasteiger partial charge in [-0.05, 0) is 37.3 Å². The van der Waals surface area contributed by atoms with Gasteiger partial charge in [0.15, 0.2) is 6.10 Å². The van der Waals surface area contributed by atoms with E-state index in [4.69, 9.17) is 14.4 Å². The van der Waals surface area contributed by atoms with Gasteiger partial charge in [0, 0.05) is 0 Å². The lowest BCUT2D eigenvalue weighted by Gasteiger charge is -2.13. The first kappa shape index (κ1) is 15.3. The zero-order valence-corrected chi connectivity index (χ0v) is 11.9. The minimum atomic E-state index is -0.951. The van der Waals surface area contributed by atoms with E-state index in [1.807, 2.05) is 6.07 Å². The summed E-state index contributed by atoms with van der Waals surface area (Å²) in [7, 11) is 0. The number of rotatable bonds is 5. The van der Waals surface area contributed by atoms with Gasteiger partial charge < -0.3 is 14.5 Å². The number of nitrogens with zero attached hydrogens (tertiary/aromatic N) is 1. The lowest BCUT2D eigenvalue weighted by molar-refractivity contribution is -0.129. The molecule has 22 heavy (non-hydrogen) atoms. The van der Waals surface area contributed by atoms with Gasteiger partial charge in [-0.1, -0.05) is 6.07 Å². The van der Waals surface area contributed by atoms with Crippen molar-refractivity contribution < 1.29 is 18.7 Å². The first-order chi connectivity index (χ1) is 10.6. The summed E-state index contributed by atoms with van der Waals surface area (Å²) in [5.41, 5.74) is 0.578. The molecule has 1 atom stereocenters. The van der Waals surface area contributed by atoms with Crippen molar-refractivity contribution in [3.05, 3.63) is 59.5 Å². The van der Waals surface area contributed by atoms with E-state index in [1.54, 1.807) is 24.3 Å². The van der Waals surface area contributed by atoms with Crippen LogP contribution in [0.2, 0.25) is 0 Å². The number of carbonyl (C=O) groups is 2. The molecular formula is C16H14N2O4. The van der Waals surface area contributed by atoms with E-state index in [0.717, 1.165) is 0 Å². The van der Waals surface area contributed by atoms with Gasteiger partial charge in [-0.25, -0.2) is 4.79 Å². The summed E-state index contributed by atoms with van der Waals surface area (Å²) >= 11 is 0. The molecule has 1 amide bonds. The van der Waals surface area contributed by atoms with Gasteiger partial charge in [-0.3, -0.25) is 4.79 Å².